The topological polar surface area (TPSA) is 89.4 Å². The van der Waals surface area contributed by atoms with Crippen molar-refractivity contribution in [2.45, 2.75) is 25.8 Å². The number of carbonyl (C=O) groups is 2. The molecule has 4 rings (SSSR count). The Morgan fingerprint density at radius 1 is 1.46 bits per heavy atom. The first-order valence-electron chi connectivity index (χ1n) is 8.62. The SMILES string of the molecule is CNC(=O)[C@]12CCOC[C@H]1CN(C(=O)c1cn(CC3CC3)nn1)C2. The van der Waals surface area contributed by atoms with Crippen LogP contribution in [0.1, 0.15) is 29.8 Å². The fraction of sp³-hybridized carbons (Fsp3) is 0.750. The van der Waals surface area contributed by atoms with Crippen LogP contribution in [0.5, 0.6) is 0 Å². The van der Waals surface area contributed by atoms with E-state index in [1.165, 1.54) is 12.8 Å². The molecule has 0 spiro atoms. The minimum absolute atomic E-state index is 0.00323. The third kappa shape index (κ3) is 2.58. The van der Waals surface area contributed by atoms with E-state index < -0.39 is 5.41 Å². The molecular weight excluding hydrogens is 310 g/mol. The number of ether oxygens (including phenoxy) is 1. The summed E-state index contributed by atoms with van der Waals surface area (Å²) < 4.78 is 7.30. The summed E-state index contributed by atoms with van der Waals surface area (Å²) in [6, 6.07) is 0. The summed E-state index contributed by atoms with van der Waals surface area (Å²) in [5.41, 5.74) is -0.172. The van der Waals surface area contributed by atoms with E-state index >= 15 is 0 Å². The Morgan fingerprint density at radius 2 is 2.29 bits per heavy atom. The molecule has 3 fully saturated rings. The number of amides is 2. The second kappa shape index (κ2) is 5.84. The fourth-order valence-corrected chi connectivity index (χ4v) is 3.94. The lowest BCUT2D eigenvalue weighted by Gasteiger charge is -2.36. The molecule has 1 aliphatic carbocycles. The number of rotatable bonds is 4. The summed E-state index contributed by atoms with van der Waals surface area (Å²) in [5, 5.41) is 10.9. The summed E-state index contributed by atoms with van der Waals surface area (Å²) >= 11 is 0. The third-order valence-electron chi connectivity index (χ3n) is 5.57. The molecule has 1 saturated carbocycles. The maximum atomic E-state index is 12.8. The van der Waals surface area contributed by atoms with Crippen LogP contribution >= 0.6 is 0 Å². The first-order chi connectivity index (χ1) is 11.6. The Bertz CT molecular complexity index is 656. The van der Waals surface area contributed by atoms with Crippen molar-refractivity contribution in [2.75, 3.05) is 33.4 Å². The number of fused-ring (bicyclic) bond motifs is 1. The molecule has 2 saturated heterocycles. The van der Waals surface area contributed by atoms with Crippen LogP contribution in [0, 0.1) is 17.3 Å². The molecule has 2 atom stereocenters. The number of hydrogen-bond acceptors (Lipinski definition) is 5. The van der Waals surface area contributed by atoms with E-state index in [9.17, 15) is 9.59 Å². The van der Waals surface area contributed by atoms with E-state index in [-0.39, 0.29) is 17.7 Å². The van der Waals surface area contributed by atoms with Crippen LogP contribution in [0.3, 0.4) is 0 Å². The highest BCUT2D eigenvalue weighted by Gasteiger charge is 2.54. The molecule has 0 unspecified atom stereocenters. The van der Waals surface area contributed by atoms with Crippen molar-refractivity contribution in [1.82, 2.24) is 25.2 Å². The lowest BCUT2D eigenvalue weighted by atomic mass is 9.73. The molecule has 2 amide bonds. The number of aromatic nitrogens is 3. The number of carbonyl (C=O) groups excluding carboxylic acids is 2. The maximum Gasteiger partial charge on any atom is 0.276 e. The predicted molar refractivity (Wildman–Crippen MR) is 84.1 cm³/mol. The lowest BCUT2D eigenvalue weighted by molar-refractivity contribution is -0.138. The Hall–Kier alpha value is -1.96. The largest absolute Gasteiger partial charge is 0.381 e. The van der Waals surface area contributed by atoms with E-state index in [4.69, 9.17) is 4.74 Å². The van der Waals surface area contributed by atoms with Gasteiger partial charge in [-0.25, -0.2) is 0 Å². The van der Waals surface area contributed by atoms with Crippen LogP contribution < -0.4 is 5.32 Å². The van der Waals surface area contributed by atoms with Crippen LogP contribution in [0.25, 0.3) is 0 Å². The van der Waals surface area contributed by atoms with Gasteiger partial charge in [0.2, 0.25) is 5.91 Å². The monoisotopic (exact) mass is 333 g/mol. The molecule has 0 aromatic carbocycles. The highest BCUT2D eigenvalue weighted by molar-refractivity contribution is 5.93. The van der Waals surface area contributed by atoms with Gasteiger partial charge in [-0.2, -0.15) is 0 Å². The first kappa shape index (κ1) is 15.6. The zero-order valence-corrected chi connectivity index (χ0v) is 13.9. The number of likely N-dealkylation sites (tertiary alicyclic amines) is 1. The van der Waals surface area contributed by atoms with Crippen LogP contribution in [0.15, 0.2) is 6.20 Å². The molecule has 1 aromatic rings. The fourth-order valence-electron chi connectivity index (χ4n) is 3.94. The summed E-state index contributed by atoms with van der Waals surface area (Å²) in [5.74, 6) is 0.577. The smallest absolute Gasteiger partial charge is 0.276 e. The first-order valence-corrected chi connectivity index (χ1v) is 8.62. The molecule has 8 heteroatoms. The minimum atomic E-state index is -0.535. The van der Waals surface area contributed by atoms with Gasteiger partial charge in [-0.3, -0.25) is 14.3 Å². The number of nitrogens with one attached hydrogen (secondary N) is 1. The summed E-state index contributed by atoms with van der Waals surface area (Å²) in [4.78, 5) is 27.0. The van der Waals surface area contributed by atoms with E-state index in [1.54, 1.807) is 22.8 Å². The Kier molecular flexibility index (Phi) is 3.79. The van der Waals surface area contributed by atoms with Crippen molar-refractivity contribution in [3.05, 3.63) is 11.9 Å². The van der Waals surface area contributed by atoms with Crippen molar-refractivity contribution in [2.24, 2.45) is 17.3 Å². The van der Waals surface area contributed by atoms with Gasteiger partial charge in [0, 0.05) is 39.2 Å². The van der Waals surface area contributed by atoms with Crippen LogP contribution in [-0.4, -0.2) is 65.1 Å². The normalized spacial score (nSPS) is 29.4. The number of nitrogens with zero attached hydrogens (tertiary/aromatic N) is 4. The highest BCUT2D eigenvalue weighted by Crippen LogP contribution is 2.42. The van der Waals surface area contributed by atoms with Crippen molar-refractivity contribution >= 4 is 11.8 Å². The van der Waals surface area contributed by atoms with Gasteiger partial charge in [-0.1, -0.05) is 5.21 Å². The highest BCUT2D eigenvalue weighted by atomic mass is 16.5. The van der Waals surface area contributed by atoms with Gasteiger partial charge in [-0.15, -0.1) is 5.10 Å². The second-order valence-corrected chi connectivity index (χ2v) is 7.21. The van der Waals surface area contributed by atoms with Gasteiger partial charge in [0.15, 0.2) is 5.69 Å². The second-order valence-electron chi connectivity index (χ2n) is 7.21. The molecular formula is C16H23N5O3. The van der Waals surface area contributed by atoms with Gasteiger partial charge in [0.1, 0.15) is 0 Å². The predicted octanol–water partition coefficient (Wildman–Crippen LogP) is -0.0872. The van der Waals surface area contributed by atoms with E-state index in [0.29, 0.717) is 44.3 Å². The summed E-state index contributed by atoms with van der Waals surface area (Å²) in [6.45, 7) is 2.87. The Morgan fingerprint density at radius 3 is 3.04 bits per heavy atom. The van der Waals surface area contributed by atoms with E-state index in [1.807, 2.05) is 0 Å². The van der Waals surface area contributed by atoms with E-state index in [2.05, 4.69) is 15.6 Å². The van der Waals surface area contributed by atoms with Crippen LogP contribution in [0.4, 0.5) is 0 Å². The molecule has 0 bridgehead atoms. The lowest BCUT2D eigenvalue weighted by Crippen LogP contribution is -2.49. The molecule has 3 aliphatic rings. The van der Waals surface area contributed by atoms with Crippen molar-refractivity contribution in [3.8, 4) is 0 Å². The zero-order valence-electron chi connectivity index (χ0n) is 13.9. The van der Waals surface area contributed by atoms with Gasteiger partial charge in [0.25, 0.3) is 5.91 Å². The van der Waals surface area contributed by atoms with Gasteiger partial charge < -0.3 is 15.0 Å². The average Bonchev–Trinajstić information content (AvgIpc) is 3.13. The van der Waals surface area contributed by atoms with E-state index in [0.717, 1.165) is 6.54 Å². The quantitative estimate of drug-likeness (QED) is 0.832. The Labute approximate surface area is 140 Å². The van der Waals surface area contributed by atoms with Crippen LogP contribution in [0.2, 0.25) is 0 Å². The molecule has 1 N–H and O–H groups in total. The van der Waals surface area contributed by atoms with Crippen molar-refractivity contribution in [3.63, 3.8) is 0 Å². The molecule has 1 aromatic heterocycles. The number of hydrogen-bond donors (Lipinski definition) is 1. The average molecular weight is 333 g/mol. The molecule has 0 radical (unpaired) electrons. The van der Waals surface area contributed by atoms with Gasteiger partial charge >= 0.3 is 0 Å². The third-order valence-corrected chi connectivity index (χ3v) is 5.57. The summed E-state index contributed by atoms with van der Waals surface area (Å²) in [7, 11) is 1.65. The van der Waals surface area contributed by atoms with Crippen LogP contribution in [-0.2, 0) is 16.1 Å². The zero-order chi connectivity index (χ0) is 16.7. The molecule has 24 heavy (non-hydrogen) atoms. The molecule has 2 aliphatic heterocycles. The van der Waals surface area contributed by atoms with Crippen molar-refractivity contribution < 1.29 is 14.3 Å². The van der Waals surface area contributed by atoms with Crippen molar-refractivity contribution in [1.29, 1.82) is 0 Å². The van der Waals surface area contributed by atoms with Gasteiger partial charge in [-0.05, 0) is 25.2 Å². The minimum Gasteiger partial charge on any atom is -0.381 e. The standard InChI is InChI=1S/C16H23N5O3/c1-17-15(23)16-4-5-24-9-12(16)7-20(10-16)14(22)13-8-21(19-18-13)6-11-2-3-11/h8,11-12H,2-7,9-10H2,1H3,(H,17,23)/t12-,16+/m1/s1. The molecule has 130 valence electrons. The summed E-state index contributed by atoms with van der Waals surface area (Å²) in [6.07, 6.45) is 4.83. The Balaban J connectivity index is 1.50. The van der Waals surface area contributed by atoms with Gasteiger partial charge in [0.05, 0.1) is 18.2 Å². The maximum absolute atomic E-state index is 12.8. The molecule has 8 nitrogen and oxygen atoms in total. The molecule has 3 heterocycles.